The van der Waals surface area contributed by atoms with E-state index in [4.69, 9.17) is 12.3 Å². The average molecular weight is 498 g/mol. The van der Waals surface area contributed by atoms with E-state index in [1.54, 1.807) is 17.4 Å². The molecule has 0 unspecified atom stereocenters. The summed E-state index contributed by atoms with van der Waals surface area (Å²) >= 11 is 1.67. The monoisotopic (exact) mass is 497 g/mol. The fraction of sp³-hybridized carbons (Fsp3) is 0. The van der Waals surface area contributed by atoms with E-state index in [-0.39, 0.29) is 50.0 Å². The largest absolute Gasteiger partial charge is 0.135 e. The maximum atomic E-state index is 9.52. The first-order chi connectivity index (χ1) is 22.9. The van der Waals surface area contributed by atoms with Gasteiger partial charge in [-0.05, 0) is 72.7 Å². The highest BCUT2D eigenvalue weighted by molar-refractivity contribution is 7.26. The zero-order valence-corrected chi connectivity index (χ0v) is 20.1. The smallest absolute Gasteiger partial charge is 0.0636 e. The van der Waals surface area contributed by atoms with E-state index in [0.717, 1.165) is 31.3 Å². The van der Waals surface area contributed by atoms with E-state index in [9.17, 15) is 2.74 Å². The number of hydrogen-bond acceptors (Lipinski definition) is 1. The predicted molar refractivity (Wildman–Crippen MR) is 163 cm³/mol. The van der Waals surface area contributed by atoms with Crippen LogP contribution in [0, 0.1) is 0 Å². The molecule has 0 aliphatic rings. The minimum atomic E-state index is -0.591. The molecule has 0 saturated carbocycles. The second-order valence-corrected chi connectivity index (χ2v) is 9.91. The van der Waals surface area contributed by atoms with Gasteiger partial charge in [0.1, 0.15) is 0 Å². The van der Waals surface area contributed by atoms with Crippen LogP contribution in [0.3, 0.4) is 0 Å². The van der Waals surface area contributed by atoms with Crippen molar-refractivity contribution < 1.29 is 15.1 Å². The van der Waals surface area contributed by atoms with Gasteiger partial charge in [-0.3, -0.25) is 0 Å². The van der Waals surface area contributed by atoms with Gasteiger partial charge in [0, 0.05) is 20.2 Å². The van der Waals surface area contributed by atoms with Gasteiger partial charge in [0.25, 0.3) is 0 Å². The molecule has 0 radical (unpaired) electrons. The van der Waals surface area contributed by atoms with Gasteiger partial charge in [0.2, 0.25) is 0 Å². The van der Waals surface area contributed by atoms with Crippen molar-refractivity contribution in [3.63, 3.8) is 0 Å². The van der Waals surface area contributed by atoms with Crippen molar-refractivity contribution in [3.8, 4) is 22.3 Å². The highest BCUT2D eigenvalue weighted by Crippen LogP contribution is 2.41. The van der Waals surface area contributed by atoms with E-state index in [0.29, 0.717) is 5.56 Å². The lowest BCUT2D eigenvalue weighted by molar-refractivity contribution is 1.63. The molecule has 0 spiro atoms. The molecule has 0 amide bonds. The van der Waals surface area contributed by atoms with E-state index < -0.39 is 54.4 Å². The lowest BCUT2D eigenvalue weighted by atomic mass is 9.91. The van der Waals surface area contributed by atoms with Gasteiger partial charge in [-0.1, -0.05) is 115 Å². The summed E-state index contributed by atoms with van der Waals surface area (Å²) in [5, 5.41) is 1.45. The molecular formula is C36H22S. The summed E-state index contributed by atoms with van der Waals surface area (Å²) in [7, 11) is 0. The van der Waals surface area contributed by atoms with Crippen LogP contribution >= 0.6 is 11.3 Å². The topological polar surface area (TPSA) is 0 Å². The van der Waals surface area contributed by atoms with E-state index in [1.807, 2.05) is 42.5 Å². The minimum absolute atomic E-state index is 0.0671. The standard InChI is InChI=1S/C36H22S/c1-2-13-29-27(11-1)28-12-3-4-14-30(28)34-22-24(19-20-31(29)34)23-9-7-10-25(21-23)26-16-8-17-33-32-15-5-6-18-35(32)37-36(26)33/h1-22H/i1D,2D,3D,4D,11D,12D,13D,14D,19D,20D,22D. The Morgan fingerprint density at radius 3 is 1.86 bits per heavy atom. The molecule has 0 nitrogen and oxygen atoms in total. The SMILES string of the molecule is [2H]c1c([2H])c([2H])c2c(c1[2H])c1c([2H])c([2H])c([2H])c([2H])c1c1c([2H])c(-c3cccc(-c4cccc5c4sc4ccccc45)c3)c([2H])c([2H])c21. The van der Waals surface area contributed by atoms with E-state index in [2.05, 4.69) is 18.2 Å². The Kier molecular flexibility index (Phi) is 2.75. The molecular weight excluding hydrogens is 464 g/mol. The third-order valence-corrected chi connectivity index (χ3v) is 8.02. The number of benzene rings is 7. The molecule has 0 atom stereocenters. The number of fused-ring (bicyclic) bond motifs is 9. The van der Waals surface area contributed by atoms with Gasteiger partial charge in [0.15, 0.2) is 0 Å². The van der Waals surface area contributed by atoms with Gasteiger partial charge < -0.3 is 0 Å². The summed E-state index contributed by atoms with van der Waals surface area (Å²) in [5.41, 5.74) is 2.32. The Morgan fingerprint density at radius 2 is 1.08 bits per heavy atom. The lowest BCUT2D eigenvalue weighted by Gasteiger charge is -2.12. The van der Waals surface area contributed by atoms with Gasteiger partial charge in [0.05, 0.1) is 15.1 Å². The first-order valence-corrected chi connectivity index (χ1v) is 12.6. The third kappa shape index (κ3) is 3.15. The molecule has 172 valence electrons. The number of thiophene rings is 1. The van der Waals surface area contributed by atoms with Crippen molar-refractivity contribution in [2.24, 2.45) is 0 Å². The number of rotatable bonds is 2. The van der Waals surface area contributed by atoms with Gasteiger partial charge in [-0.25, -0.2) is 0 Å². The van der Waals surface area contributed by atoms with Crippen LogP contribution in [-0.4, -0.2) is 0 Å². The summed E-state index contributed by atoms with van der Waals surface area (Å²) in [5.74, 6) is 0. The summed E-state index contributed by atoms with van der Waals surface area (Å²) in [4.78, 5) is 0. The van der Waals surface area contributed by atoms with Crippen LogP contribution in [0.15, 0.2) is 133 Å². The summed E-state index contributed by atoms with van der Waals surface area (Å²) in [6, 6.07) is 16.2. The molecule has 0 bridgehead atoms. The molecule has 0 aliphatic carbocycles. The van der Waals surface area contributed by atoms with Crippen molar-refractivity contribution in [1.82, 2.24) is 0 Å². The second kappa shape index (κ2) is 8.03. The normalized spacial score (nSPS) is 15.9. The Morgan fingerprint density at radius 1 is 0.459 bits per heavy atom. The molecule has 1 heteroatoms. The maximum absolute atomic E-state index is 9.52. The molecule has 1 aromatic heterocycles. The van der Waals surface area contributed by atoms with Crippen molar-refractivity contribution >= 4 is 63.8 Å². The van der Waals surface area contributed by atoms with Crippen LogP contribution in [-0.2, 0) is 0 Å². The second-order valence-electron chi connectivity index (χ2n) is 8.86. The van der Waals surface area contributed by atoms with Crippen LogP contribution in [0.1, 0.15) is 15.1 Å². The summed E-state index contributed by atoms with van der Waals surface area (Å²) in [6.07, 6.45) is 0. The van der Waals surface area contributed by atoms with Crippen molar-refractivity contribution in [2.45, 2.75) is 0 Å². The molecule has 0 N–H and O–H groups in total. The molecule has 0 saturated heterocycles. The summed E-state index contributed by atoms with van der Waals surface area (Å²) in [6.45, 7) is 0. The first kappa shape index (κ1) is 12.7. The molecule has 37 heavy (non-hydrogen) atoms. The van der Waals surface area contributed by atoms with Crippen LogP contribution < -0.4 is 0 Å². The van der Waals surface area contributed by atoms with Crippen LogP contribution in [0.5, 0.6) is 0 Å². The fourth-order valence-electron chi connectivity index (χ4n) is 5.12. The van der Waals surface area contributed by atoms with Crippen molar-refractivity contribution in [2.75, 3.05) is 0 Å². The predicted octanol–water partition coefficient (Wildman–Crippen LogP) is 10.8. The molecule has 0 aliphatic heterocycles. The molecule has 7 aromatic carbocycles. The van der Waals surface area contributed by atoms with E-state index >= 15 is 0 Å². The quantitative estimate of drug-likeness (QED) is 0.208. The minimum Gasteiger partial charge on any atom is -0.135 e. The Balaban J connectivity index is 1.52. The highest BCUT2D eigenvalue weighted by Gasteiger charge is 2.12. The zero-order valence-electron chi connectivity index (χ0n) is 30.3. The Bertz CT molecular complexity index is 2700. The lowest BCUT2D eigenvalue weighted by Crippen LogP contribution is -1.86. The maximum Gasteiger partial charge on any atom is 0.0636 e. The number of hydrogen-bond donors (Lipinski definition) is 0. The van der Waals surface area contributed by atoms with Crippen LogP contribution in [0.25, 0.3) is 74.7 Å². The fourth-order valence-corrected chi connectivity index (χ4v) is 6.36. The zero-order chi connectivity index (χ0) is 33.9. The summed E-state index contributed by atoms with van der Waals surface area (Å²) < 4.78 is 98.9. The molecule has 8 rings (SSSR count). The van der Waals surface area contributed by atoms with Gasteiger partial charge in [-0.2, -0.15) is 0 Å². The van der Waals surface area contributed by atoms with Crippen LogP contribution in [0.2, 0.25) is 0 Å². The van der Waals surface area contributed by atoms with Gasteiger partial charge in [-0.15, -0.1) is 11.3 Å². The van der Waals surface area contributed by atoms with E-state index in [1.165, 1.54) is 0 Å². The molecule has 1 heterocycles. The molecule has 0 fully saturated rings. The van der Waals surface area contributed by atoms with Crippen molar-refractivity contribution in [3.05, 3.63) is 133 Å². The third-order valence-electron chi connectivity index (χ3n) is 6.80. The Labute approximate surface area is 234 Å². The molecule has 8 aromatic rings. The van der Waals surface area contributed by atoms with Gasteiger partial charge >= 0.3 is 0 Å². The first-order valence-electron chi connectivity index (χ1n) is 17.3. The van der Waals surface area contributed by atoms with Crippen LogP contribution in [0.4, 0.5) is 0 Å². The average Bonchev–Trinajstić information content (AvgIpc) is 3.48. The van der Waals surface area contributed by atoms with Crippen molar-refractivity contribution in [1.29, 1.82) is 0 Å². The Hall–Kier alpha value is -4.46. The highest BCUT2D eigenvalue weighted by atomic mass is 32.1.